The molecule has 0 bridgehead atoms. The van der Waals surface area contributed by atoms with Crippen molar-refractivity contribution in [3.8, 4) is 0 Å². The van der Waals surface area contributed by atoms with Crippen LogP contribution in [-0.4, -0.2) is 43.0 Å². The van der Waals surface area contributed by atoms with Crippen molar-refractivity contribution in [1.29, 1.82) is 0 Å². The van der Waals surface area contributed by atoms with E-state index in [1.165, 1.54) is 6.42 Å². The van der Waals surface area contributed by atoms with E-state index in [2.05, 4.69) is 24.1 Å². The van der Waals surface area contributed by atoms with E-state index in [1.54, 1.807) is 0 Å². The molecule has 94 valence electrons. The molecule has 1 fully saturated rings. The summed E-state index contributed by atoms with van der Waals surface area (Å²) in [6, 6.07) is 0.385. The lowest BCUT2D eigenvalue weighted by atomic mass is 9.92. The molecule has 0 saturated carbocycles. The Labute approximate surface area is 98.6 Å². The number of carbonyl (C=O) groups is 1. The third-order valence-electron chi connectivity index (χ3n) is 3.29. The SMILES string of the molecule is CCCNC(=O)CN1CCC(C)CC1CN. The van der Waals surface area contributed by atoms with Crippen LogP contribution in [-0.2, 0) is 4.79 Å². The first-order valence-electron chi connectivity index (χ1n) is 6.38. The molecule has 1 saturated heterocycles. The van der Waals surface area contributed by atoms with E-state index in [1.807, 2.05) is 0 Å². The van der Waals surface area contributed by atoms with Gasteiger partial charge in [0.1, 0.15) is 0 Å². The van der Waals surface area contributed by atoms with Gasteiger partial charge in [-0.05, 0) is 31.7 Å². The molecule has 1 aliphatic heterocycles. The number of amides is 1. The maximum absolute atomic E-state index is 11.6. The summed E-state index contributed by atoms with van der Waals surface area (Å²) >= 11 is 0. The largest absolute Gasteiger partial charge is 0.355 e. The molecule has 4 nitrogen and oxygen atoms in total. The van der Waals surface area contributed by atoms with Gasteiger partial charge in [0.25, 0.3) is 0 Å². The molecule has 1 heterocycles. The van der Waals surface area contributed by atoms with Gasteiger partial charge in [0, 0.05) is 19.1 Å². The Hall–Kier alpha value is -0.610. The number of carbonyl (C=O) groups excluding carboxylic acids is 1. The highest BCUT2D eigenvalue weighted by Gasteiger charge is 2.26. The van der Waals surface area contributed by atoms with E-state index in [-0.39, 0.29) is 5.91 Å². The number of piperidine rings is 1. The van der Waals surface area contributed by atoms with Gasteiger partial charge in [-0.15, -0.1) is 0 Å². The number of nitrogens with two attached hydrogens (primary N) is 1. The maximum atomic E-state index is 11.6. The summed E-state index contributed by atoms with van der Waals surface area (Å²) in [5.74, 6) is 0.873. The Morgan fingerprint density at radius 3 is 2.94 bits per heavy atom. The fraction of sp³-hybridized carbons (Fsp3) is 0.917. The van der Waals surface area contributed by atoms with Gasteiger partial charge in [-0.2, -0.15) is 0 Å². The van der Waals surface area contributed by atoms with Crippen LogP contribution >= 0.6 is 0 Å². The highest BCUT2D eigenvalue weighted by atomic mass is 16.2. The Bertz CT molecular complexity index is 220. The monoisotopic (exact) mass is 227 g/mol. The van der Waals surface area contributed by atoms with Gasteiger partial charge in [-0.3, -0.25) is 9.69 Å². The molecule has 0 radical (unpaired) electrons. The first kappa shape index (κ1) is 13.5. The molecule has 2 atom stereocenters. The Morgan fingerprint density at radius 1 is 1.56 bits per heavy atom. The Balaban J connectivity index is 2.36. The lowest BCUT2D eigenvalue weighted by Gasteiger charge is -2.37. The fourth-order valence-electron chi connectivity index (χ4n) is 2.26. The highest BCUT2D eigenvalue weighted by Crippen LogP contribution is 2.21. The number of likely N-dealkylation sites (tertiary alicyclic amines) is 1. The maximum Gasteiger partial charge on any atom is 0.234 e. The fourth-order valence-corrected chi connectivity index (χ4v) is 2.26. The van der Waals surface area contributed by atoms with Gasteiger partial charge in [0.2, 0.25) is 5.91 Å². The summed E-state index contributed by atoms with van der Waals surface area (Å²) in [5.41, 5.74) is 5.76. The third-order valence-corrected chi connectivity index (χ3v) is 3.29. The number of rotatable bonds is 5. The van der Waals surface area contributed by atoms with Crippen molar-refractivity contribution in [3.05, 3.63) is 0 Å². The zero-order valence-electron chi connectivity index (χ0n) is 10.5. The minimum atomic E-state index is 0.134. The van der Waals surface area contributed by atoms with Crippen LogP contribution in [0, 0.1) is 5.92 Å². The van der Waals surface area contributed by atoms with Crippen molar-refractivity contribution in [1.82, 2.24) is 10.2 Å². The van der Waals surface area contributed by atoms with Crippen molar-refractivity contribution in [3.63, 3.8) is 0 Å². The van der Waals surface area contributed by atoms with Crippen molar-refractivity contribution < 1.29 is 4.79 Å². The van der Waals surface area contributed by atoms with Crippen LogP contribution in [0.5, 0.6) is 0 Å². The Morgan fingerprint density at radius 2 is 2.31 bits per heavy atom. The topological polar surface area (TPSA) is 58.4 Å². The van der Waals surface area contributed by atoms with Crippen molar-refractivity contribution in [2.45, 2.75) is 39.2 Å². The summed E-state index contributed by atoms with van der Waals surface area (Å²) in [6.07, 6.45) is 3.29. The van der Waals surface area contributed by atoms with E-state index in [0.29, 0.717) is 19.1 Å². The van der Waals surface area contributed by atoms with E-state index in [9.17, 15) is 4.79 Å². The van der Waals surface area contributed by atoms with Gasteiger partial charge in [0.05, 0.1) is 6.54 Å². The van der Waals surface area contributed by atoms with Crippen LogP contribution in [0.1, 0.15) is 33.1 Å². The molecular formula is C12H25N3O. The van der Waals surface area contributed by atoms with Crippen LogP contribution < -0.4 is 11.1 Å². The minimum absolute atomic E-state index is 0.134. The predicted molar refractivity (Wildman–Crippen MR) is 66.1 cm³/mol. The third kappa shape index (κ3) is 4.10. The molecule has 0 aliphatic carbocycles. The number of nitrogens with one attached hydrogen (secondary N) is 1. The van der Waals surface area contributed by atoms with Gasteiger partial charge in [-0.1, -0.05) is 13.8 Å². The molecule has 3 N–H and O–H groups in total. The first-order chi connectivity index (χ1) is 7.67. The van der Waals surface area contributed by atoms with Gasteiger partial charge >= 0.3 is 0 Å². The summed E-state index contributed by atoms with van der Waals surface area (Å²) in [5, 5.41) is 2.91. The summed E-state index contributed by atoms with van der Waals surface area (Å²) in [4.78, 5) is 13.8. The molecule has 1 rings (SSSR count). The highest BCUT2D eigenvalue weighted by molar-refractivity contribution is 5.78. The molecule has 0 aromatic carbocycles. The lowest BCUT2D eigenvalue weighted by Crippen LogP contribution is -2.50. The molecule has 2 unspecified atom stereocenters. The number of hydrogen-bond acceptors (Lipinski definition) is 3. The van der Waals surface area contributed by atoms with Gasteiger partial charge < -0.3 is 11.1 Å². The van der Waals surface area contributed by atoms with Gasteiger partial charge in [0.15, 0.2) is 0 Å². The molecule has 16 heavy (non-hydrogen) atoms. The van der Waals surface area contributed by atoms with E-state index < -0.39 is 0 Å². The second-order valence-corrected chi connectivity index (χ2v) is 4.84. The van der Waals surface area contributed by atoms with Crippen LogP contribution in [0.4, 0.5) is 0 Å². The predicted octanol–water partition coefficient (Wildman–Crippen LogP) is 0.572. The molecule has 0 aromatic heterocycles. The quantitative estimate of drug-likeness (QED) is 0.722. The van der Waals surface area contributed by atoms with Crippen molar-refractivity contribution in [2.24, 2.45) is 11.7 Å². The zero-order chi connectivity index (χ0) is 12.0. The lowest BCUT2D eigenvalue weighted by molar-refractivity contribution is -0.123. The van der Waals surface area contributed by atoms with E-state index in [0.717, 1.165) is 31.8 Å². The van der Waals surface area contributed by atoms with Crippen LogP contribution in [0.25, 0.3) is 0 Å². The average Bonchev–Trinajstić information content (AvgIpc) is 2.28. The molecule has 1 aliphatic rings. The molecule has 4 heteroatoms. The first-order valence-corrected chi connectivity index (χ1v) is 6.38. The molecular weight excluding hydrogens is 202 g/mol. The second kappa shape index (κ2) is 6.86. The smallest absolute Gasteiger partial charge is 0.234 e. The van der Waals surface area contributed by atoms with Crippen molar-refractivity contribution >= 4 is 5.91 Å². The average molecular weight is 227 g/mol. The Kier molecular flexibility index (Phi) is 5.77. The molecule has 0 aromatic rings. The second-order valence-electron chi connectivity index (χ2n) is 4.84. The van der Waals surface area contributed by atoms with Crippen LogP contribution in [0.15, 0.2) is 0 Å². The standard InChI is InChI=1S/C12H25N3O/c1-3-5-14-12(16)9-15-6-4-10(2)7-11(15)8-13/h10-11H,3-9,13H2,1-2H3,(H,14,16). The van der Waals surface area contributed by atoms with E-state index in [4.69, 9.17) is 5.73 Å². The molecule has 1 amide bonds. The minimum Gasteiger partial charge on any atom is -0.355 e. The van der Waals surface area contributed by atoms with Crippen LogP contribution in [0.3, 0.4) is 0 Å². The number of nitrogens with zero attached hydrogens (tertiary/aromatic N) is 1. The summed E-state index contributed by atoms with van der Waals surface area (Å²) in [6.45, 7) is 7.27. The zero-order valence-corrected chi connectivity index (χ0v) is 10.5. The normalized spacial score (nSPS) is 26.7. The molecule has 0 spiro atoms. The number of hydrogen-bond donors (Lipinski definition) is 2. The summed E-state index contributed by atoms with van der Waals surface area (Å²) < 4.78 is 0. The van der Waals surface area contributed by atoms with Crippen molar-refractivity contribution in [2.75, 3.05) is 26.2 Å². The van der Waals surface area contributed by atoms with Crippen LogP contribution in [0.2, 0.25) is 0 Å². The van der Waals surface area contributed by atoms with Gasteiger partial charge in [-0.25, -0.2) is 0 Å². The summed E-state index contributed by atoms with van der Waals surface area (Å²) in [7, 11) is 0. The van der Waals surface area contributed by atoms with E-state index >= 15 is 0 Å².